The largest absolute Gasteiger partial charge is 0.465 e. The molecule has 10 heteroatoms. The van der Waals surface area contributed by atoms with Gasteiger partial charge >= 0.3 is 6.09 Å². The molecule has 0 aliphatic rings. The summed E-state index contributed by atoms with van der Waals surface area (Å²) >= 11 is 6.99. The highest BCUT2D eigenvalue weighted by Crippen LogP contribution is 2.31. The number of hydrogen-bond acceptors (Lipinski definition) is 4. The molecule has 1 aromatic carbocycles. The van der Waals surface area contributed by atoms with Gasteiger partial charge in [-0.3, -0.25) is 0 Å². The second-order valence-corrected chi connectivity index (χ2v) is 7.02. The molecule has 1 N–H and O–H groups in total. The Balaban J connectivity index is 2.03. The fraction of sp³-hybridized carbons (Fsp3) is 0.118. The molecule has 3 rings (SSSR count). The lowest BCUT2D eigenvalue weighted by atomic mass is 10.3. The van der Waals surface area contributed by atoms with Crippen LogP contribution in [0.25, 0.3) is 5.69 Å². The lowest BCUT2D eigenvalue weighted by Gasteiger charge is -2.10. The van der Waals surface area contributed by atoms with Gasteiger partial charge in [-0.2, -0.15) is 5.10 Å². The Kier molecular flexibility index (Phi) is 5.62. The second-order valence-electron chi connectivity index (χ2n) is 5.54. The van der Waals surface area contributed by atoms with Crippen LogP contribution in [0.4, 0.5) is 13.6 Å². The molecule has 0 saturated heterocycles. The van der Waals surface area contributed by atoms with Crippen LogP contribution in [0.15, 0.2) is 52.5 Å². The van der Waals surface area contributed by atoms with Gasteiger partial charge in [-0.05, 0) is 30.3 Å². The van der Waals surface area contributed by atoms with Gasteiger partial charge in [-0.1, -0.05) is 23.4 Å². The standard InChI is InChI=1S/C17H13ClF2N4O2S/c1-23(17(25)26)9-11-7-16(27-12-3-5-15(18)21-8-12)24(22-11)14-6-10(19)2-4-13(14)20/h2-8H,9H2,1H3,(H,25,26). The molecule has 0 unspecified atom stereocenters. The van der Waals surface area contributed by atoms with E-state index in [1.165, 1.54) is 29.7 Å². The highest BCUT2D eigenvalue weighted by Gasteiger charge is 2.17. The predicted molar refractivity (Wildman–Crippen MR) is 96.3 cm³/mol. The van der Waals surface area contributed by atoms with Crippen molar-refractivity contribution >= 4 is 29.5 Å². The zero-order chi connectivity index (χ0) is 19.6. The van der Waals surface area contributed by atoms with Gasteiger partial charge in [0.1, 0.15) is 27.5 Å². The third-order valence-corrected chi connectivity index (χ3v) is 4.71. The van der Waals surface area contributed by atoms with E-state index in [1.54, 1.807) is 18.2 Å². The van der Waals surface area contributed by atoms with Crippen molar-refractivity contribution in [1.29, 1.82) is 0 Å². The molecule has 3 aromatic rings. The van der Waals surface area contributed by atoms with Crippen LogP contribution in [0.2, 0.25) is 5.15 Å². The number of carbonyl (C=O) groups is 1. The first-order valence-corrected chi connectivity index (χ1v) is 8.81. The second kappa shape index (κ2) is 7.93. The monoisotopic (exact) mass is 410 g/mol. The highest BCUT2D eigenvalue weighted by molar-refractivity contribution is 7.99. The zero-order valence-corrected chi connectivity index (χ0v) is 15.5. The van der Waals surface area contributed by atoms with Crippen molar-refractivity contribution in [3.63, 3.8) is 0 Å². The first-order chi connectivity index (χ1) is 12.8. The van der Waals surface area contributed by atoms with Crippen LogP contribution in [0.5, 0.6) is 0 Å². The van der Waals surface area contributed by atoms with E-state index in [0.717, 1.165) is 23.1 Å². The zero-order valence-electron chi connectivity index (χ0n) is 13.9. The minimum Gasteiger partial charge on any atom is -0.465 e. The molecule has 27 heavy (non-hydrogen) atoms. The third kappa shape index (κ3) is 4.55. The van der Waals surface area contributed by atoms with Gasteiger partial charge in [0.2, 0.25) is 0 Å². The van der Waals surface area contributed by atoms with Crippen molar-refractivity contribution in [1.82, 2.24) is 19.7 Å². The molecule has 0 fully saturated rings. The number of pyridine rings is 1. The molecule has 0 spiro atoms. The van der Waals surface area contributed by atoms with E-state index < -0.39 is 17.7 Å². The molecule has 1 amide bonds. The molecule has 140 valence electrons. The third-order valence-electron chi connectivity index (χ3n) is 3.51. The average molecular weight is 411 g/mol. The van der Waals surface area contributed by atoms with Crippen molar-refractivity contribution < 1.29 is 18.7 Å². The summed E-state index contributed by atoms with van der Waals surface area (Å²) in [5.74, 6) is -1.27. The van der Waals surface area contributed by atoms with E-state index in [-0.39, 0.29) is 12.2 Å². The minimum absolute atomic E-state index is 0.00824. The number of amides is 1. The fourth-order valence-corrected chi connectivity index (χ4v) is 3.25. The summed E-state index contributed by atoms with van der Waals surface area (Å²) in [7, 11) is 1.39. The van der Waals surface area contributed by atoms with E-state index in [2.05, 4.69) is 10.1 Å². The van der Waals surface area contributed by atoms with E-state index >= 15 is 0 Å². The maximum absolute atomic E-state index is 14.3. The Morgan fingerprint density at radius 1 is 1.30 bits per heavy atom. The quantitative estimate of drug-likeness (QED) is 0.629. The van der Waals surface area contributed by atoms with Crippen LogP contribution in [0, 0.1) is 11.6 Å². The number of halogens is 3. The molecular formula is C17H13ClF2N4O2S. The van der Waals surface area contributed by atoms with Gasteiger partial charge in [0.05, 0.1) is 12.2 Å². The highest BCUT2D eigenvalue weighted by atomic mass is 35.5. The molecule has 0 radical (unpaired) electrons. The molecule has 6 nitrogen and oxygen atoms in total. The van der Waals surface area contributed by atoms with Gasteiger partial charge in [0.15, 0.2) is 0 Å². The van der Waals surface area contributed by atoms with Gasteiger partial charge < -0.3 is 10.0 Å². The molecule has 0 atom stereocenters. The van der Waals surface area contributed by atoms with Gasteiger partial charge in [0.25, 0.3) is 0 Å². The average Bonchev–Trinajstić information content (AvgIpc) is 3.01. The maximum atomic E-state index is 14.3. The predicted octanol–water partition coefficient (Wildman–Crippen LogP) is 4.46. The Labute approximate surface area is 162 Å². The van der Waals surface area contributed by atoms with Crippen LogP contribution in [0.1, 0.15) is 5.69 Å². The lowest BCUT2D eigenvalue weighted by Crippen LogP contribution is -2.24. The normalized spacial score (nSPS) is 10.8. The lowest BCUT2D eigenvalue weighted by molar-refractivity contribution is 0.153. The summed E-state index contributed by atoms with van der Waals surface area (Å²) in [6, 6.07) is 7.99. The van der Waals surface area contributed by atoms with Crippen molar-refractivity contribution in [3.8, 4) is 5.69 Å². The SMILES string of the molecule is CN(Cc1cc(Sc2ccc(Cl)nc2)n(-c2cc(F)ccc2F)n1)C(=O)O. The summed E-state index contributed by atoms with van der Waals surface area (Å²) in [4.78, 5) is 16.8. The summed E-state index contributed by atoms with van der Waals surface area (Å²) in [6.45, 7) is -0.00824. The maximum Gasteiger partial charge on any atom is 0.407 e. The Morgan fingerprint density at radius 3 is 2.74 bits per heavy atom. The van der Waals surface area contributed by atoms with Crippen molar-refractivity contribution in [2.45, 2.75) is 16.5 Å². The molecule has 0 saturated carbocycles. The van der Waals surface area contributed by atoms with Crippen LogP contribution in [-0.2, 0) is 6.54 Å². The summed E-state index contributed by atoms with van der Waals surface area (Å²) < 4.78 is 29.1. The van der Waals surface area contributed by atoms with Crippen LogP contribution < -0.4 is 0 Å². The summed E-state index contributed by atoms with van der Waals surface area (Å²) in [5.41, 5.74) is 0.302. The van der Waals surface area contributed by atoms with Gasteiger partial charge in [0, 0.05) is 24.2 Å². The van der Waals surface area contributed by atoms with Crippen LogP contribution in [0.3, 0.4) is 0 Å². The molecule has 0 aliphatic heterocycles. The Bertz CT molecular complexity index is 982. The summed E-state index contributed by atoms with van der Waals surface area (Å²) in [6.07, 6.45) is 0.410. The number of hydrogen-bond donors (Lipinski definition) is 1. The molecule has 0 bridgehead atoms. The Hall–Kier alpha value is -2.65. The van der Waals surface area contributed by atoms with E-state index in [9.17, 15) is 13.6 Å². The number of rotatable bonds is 5. The smallest absolute Gasteiger partial charge is 0.407 e. The number of benzene rings is 1. The van der Waals surface area contributed by atoms with Crippen molar-refractivity contribution in [3.05, 3.63) is 65.1 Å². The van der Waals surface area contributed by atoms with Gasteiger partial charge in [-0.25, -0.2) is 23.2 Å². The van der Waals surface area contributed by atoms with Crippen molar-refractivity contribution in [2.75, 3.05) is 7.05 Å². The van der Waals surface area contributed by atoms with Gasteiger partial charge in [-0.15, -0.1) is 0 Å². The topological polar surface area (TPSA) is 71.2 Å². The van der Waals surface area contributed by atoms with E-state index in [0.29, 0.717) is 20.8 Å². The van der Waals surface area contributed by atoms with E-state index in [1.807, 2.05) is 0 Å². The first-order valence-electron chi connectivity index (χ1n) is 7.61. The fourth-order valence-electron chi connectivity index (χ4n) is 2.23. The minimum atomic E-state index is -1.13. The van der Waals surface area contributed by atoms with Crippen molar-refractivity contribution in [2.24, 2.45) is 0 Å². The van der Waals surface area contributed by atoms with E-state index in [4.69, 9.17) is 16.7 Å². The van der Waals surface area contributed by atoms with Crippen LogP contribution >= 0.6 is 23.4 Å². The Morgan fingerprint density at radius 2 is 2.07 bits per heavy atom. The summed E-state index contributed by atoms with van der Waals surface area (Å²) in [5, 5.41) is 14.1. The number of carboxylic acid groups (broad SMARTS) is 1. The number of aromatic nitrogens is 3. The molecular weight excluding hydrogens is 398 g/mol. The van der Waals surface area contributed by atoms with Crippen LogP contribution in [-0.4, -0.2) is 37.9 Å². The number of nitrogens with zero attached hydrogens (tertiary/aromatic N) is 4. The molecule has 0 aliphatic carbocycles. The molecule has 2 heterocycles. The first kappa shape index (κ1) is 19.1. The molecule has 2 aromatic heterocycles.